The Balaban J connectivity index is 1.73. The SMILES string of the molecule is COc1cc2nn(I)cc2cc1NC(=O)c1cnn2cc(C)cnc12. The second-order valence-electron chi connectivity index (χ2n) is 5.54. The van der Waals surface area contributed by atoms with Crippen LogP contribution in [-0.4, -0.2) is 35.6 Å². The van der Waals surface area contributed by atoms with Crippen LogP contribution in [0, 0.1) is 6.92 Å². The van der Waals surface area contributed by atoms with Crippen molar-refractivity contribution in [1.82, 2.24) is 22.6 Å². The second-order valence-corrected chi connectivity index (χ2v) is 6.53. The van der Waals surface area contributed by atoms with Gasteiger partial charge in [-0.1, -0.05) is 0 Å². The summed E-state index contributed by atoms with van der Waals surface area (Å²) in [7, 11) is 1.55. The number of benzene rings is 1. The number of rotatable bonds is 3. The van der Waals surface area contributed by atoms with Crippen molar-refractivity contribution in [3.8, 4) is 5.75 Å². The number of carbonyl (C=O) groups excluding carboxylic acids is 1. The Labute approximate surface area is 156 Å². The van der Waals surface area contributed by atoms with Gasteiger partial charge < -0.3 is 10.1 Å². The lowest BCUT2D eigenvalue weighted by Gasteiger charge is -2.09. The molecule has 0 saturated heterocycles. The maximum absolute atomic E-state index is 12.7. The first-order valence-electron chi connectivity index (χ1n) is 7.40. The fourth-order valence-corrected chi connectivity index (χ4v) is 3.14. The summed E-state index contributed by atoms with van der Waals surface area (Å²) in [5.74, 6) is 0.238. The zero-order valence-corrected chi connectivity index (χ0v) is 15.6. The molecule has 0 unspecified atom stereocenters. The number of methoxy groups -OCH3 is 1. The molecule has 0 atom stereocenters. The van der Waals surface area contributed by atoms with Gasteiger partial charge in [0.15, 0.2) is 5.65 Å². The largest absolute Gasteiger partial charge is 0.494 e. The predicted molar refractivity (Wildman–Crippen MR) is 101 cm³/mol. The molecule has 0 saturated carbocycles. The highest BCUT2D eigenvalue weighted by Crippen LogP contribution is 2.30. The third-order valence-corrected chi connectivity index (χ3v) is 4.27. The van der Waals surface area contributed by atoms with Gasteiger partial charge in [-0.05, 0) is 18.6 Å². The van der Waals surface area contributed by atoms with Gasteiger partial charge >= 0.3 is 0 Å². The van der Waals surface area contributed by atoms with Crippen molar-refractivity contribution in [3.05, 3.63) is 48.0 Å². The molecule has 0 aliphatic heterocycles. The zero-order valence-electron chi connectivity index (χ0n) is 13.4. The summed E-state index contributed by atoms with van der Waals surface area (Å²) in [4.78, 5) is 17.0. The summed E-state index contributed by atoms with van der Waals surface area (Å²) in [5, 5.41) is 12.3. The number of anilines is 1. The van der Waals surface area contributed by atoms with Crippen LogP contribution in [0.1, 0.15) is 15.9 Å². The number of nitrogens with one attached hydrogen (secondary N) is 1. The van der Waals surface area contributed by atoms with Gasteiger partial charge in [0.25, 0.3) is 5.91 Å². The fraction of sp³-hybridized carbons (Fsp3) is 0.125. The number of carbonyl (C=O) groups is 1. The minimum atomic E-state index is -0.300. The van der Waals surface area contributed by atoms with Crippen LogP contribution in [0.3, 0.4) is 0 Å². The number of aryl methyl sites for hydroxylation is 1. The molecule has 126 valence electrons. The summed E-state index contributed by atoms with van der Waals surface area (Å²) in [6.07, 6.45) is 6.89. The van der Waals surface area contributed by atoms with E-state index in [-0.39, 0.29) is 5.91 Å². The topological polar surface area (TPSA) is 86.3 Å². The molecular formula is C16H13IN6O2. The van der Waals surface area contributed by atoms with Gasteiger partial charge in [-0.2, -0.15) is 10.2 Å². The monoisotopic (exact) mass is 448 g/mol. The molecule has 1 aromatic carbocycles. The predicted octanol–water partition coefficient (Wildman–Crippen LogP) is 2.85. The van der Waals surface area contributed by atoms with Crippen LogP contribution < -0.4 is 10.1 Å². The third-order valence-electron chi connectivity index (χ3n) is 3.78. The van der Waals surface area contributed by atoms with Crippen LogP contribution in [0.15, 0.2) is 36.9 Å². The van der Waals surface area contributed by atoms with Gasteiger partial charge in [-0.25, -0.2) is 12.4 Å². The molecule has 0 spiro atoms. The summed E-state index contributed by atoms with van der Waals surface area (Å²) in [5.41, 5.74) is 3.22. The van der Waals surface area contributed by atoms with Gasteiger partial charge in [0, 0.05) is 30.0 Å². The van der Waals surface area contributed by atoms with Crippen molar-refractivity contribution in [3.63, 3.8) is 0 Å². The number of hydrogen-bond acceptors (Lipinski definition) is 5. The molecule has 4 aromatic rings. The smallest absolute Gasteiger partial charge is 0.261 e. The quantitative estimate of drug-likeness (QED) is 0.488. The number of hydrogen-bond donors (Lipinski definition) is 1. The van der Waals surface area contributed by atoms with E-state index in [0.29, 0.717) is 22.6 Å². The minimum Gasteiger partial charge on any atom is -0.494 e. The Morgan fingerprint density at radius 3 is 2.92 bits per heavy atom. The highest BCUT2D eigenvalue weighted by Gasteiger charge is 2.17. The maximum atomic E-state index is 12.7. The molecule has 25 heavy (non-hydrogen) atoms. The average Bonchev–Trinajstić information content (AvgIpc) is 3.15. The molecule has 3 aromatic heterocycles. The average molecular weight is 448 g/mol. The highest BCUT2D eigenvalue weighted by molar-refractivity contribution is 14.1. The van der Waals surface area contributed by atoms with E-state index in [1.807, 2.05) is 25.4 Å². The van der Waals surface area contributed by atoms with E-state index in [2.05, 4.69) is 43.4 Å². The fourth-order valence-electron chi connectivity index (χ4n) is 2.61. The molecule has 9 heteroatoms. The van der Waals surface area contributed by atoms with Crippen molar-refractivity contribution in [2.75, 3.05) is 12.4 Å². The molecule has 1 amide bonds. The van der Waals surface area contributed by atoms with E-state index >= 15 is 0 Å². The van der Waals surface area contributed by atoms with E-state index in [9.17, 15) is 4.79 Å². The van der Waals surface area contributed by atoms with Gasteiger partial charge in [0.1, 0.15) is 11.3 Å². The summed E-state index contributed by atoms with van der Waals surface area (Å²) < 4.78 is 8.65. The Morgan fingerprint density at radius 2 is 2.12 bits per heavy atom. The van der Waals surface area contributed by atoms with Crippen LogP contribution in [0.2, 0.25) is 0 Å². The van der Waals surface area contributed by atoms with Crippen LogP contribution in [0.25, 0.3) is 16.6 Å². The number of aromatic nitrogens is 5. The molecule has 1 N–H and O–H groups in total. The Bertz CT molecular complexity index is 1120. The van der Waals surface area contributed by atoms with Gasteiger partial charge in [0.05, 0.1) is 47.4 Å². The summed E-state index contributed by atoms with van der Waals surface area (Å²) in [6.45, 7) is 1.92. The number of nitrogens with zero attached hydrogens (tertiary/aromatic N) is 5. The molecule has 0 aliphatic carbocycles. The van der Waals surface area contributed by atoms with Gasteiger partial charge in [-0.15, -0.1) is 0 Å². The number of fused-ring (bicyclic) bond motifs is 2. The molecular weight excluding hydrogens is 435 g/mol. The van der Waals surface area contributed by atoms with Crippen molar-refractivity contribution >= 4 is 51.0 Å². The first-order chi connectivity index (χ1) is 12.0. The molecule has 0 radical (unpaired) electrons. The van der Waals surface area contributed by atoms with Crippen LogP contribution in [-0.2, 0) is 0 Å². The van der Waals surface area contributed by atoms with Crippen LogP contribution >= 0.6 is 22.9 Å². The number of halogens is 1. The number of amides is 1. The summed E-state index contributed by atoms with van der Waals surface area (Å²) in [6, 6.07) is 3.62. The van der Waals surface area contributed by atoms with E-state index < -0.39 is 0 Å². The van der Waals surface area contributed by atoms with Gasteiger partial charge in [0.2, 0.25) is 0 Å². The molecule has 0 bridgehead atoms. The standard InChI is InChI=1S/C16H13IN6O2/c1-9-5-18-15-11(6-19-22(15)7-9)16(24)20-13-3-10-8-23(17)21-12(10)4-14(13)25-2/h3-8H,1-2H3,(H,20,24). The van der Waals surface area contributed by atoms with Crippen LogP contribution in [0.4, 0.5) is 5.69 Å². The Hall–Kier alpha value is -2.69. The normalized spacial score (nSPS) is 11.2. The van der Waals surface area contributed by atoms with E-state index in [1.54, 1.807) is 26.8 Å². The minimum absolute atomic E-state index is 0.300. The zero-order chi connectivity index (χ0) is 17.6. The van der Waals surface area contributed by atoms with E-state index in [0.717, 1.165) is 16.5 Å². The van der Waals surface area contributed by atoms with Crippen LogP contribution in [0.5, 0.6) is 5.75 Å². The lowest BCUT2D eigenvalue weighted by Crippen LogP contribution is -2.13. The second kappa shape index (κ2) is 5.99. The van der Waals surface area contributed by atoms with Gasteiger partial charge in [-0.3, -0.25) is 4.79 Å². The first kappa shape index (κ1) is 15.8. The lowest BCUT2D eigenvalue weighted by atomic mass is 10.2. The molecule has 4 rings (SSSR count). The third kappa shape index (κ3) is 2.80. The van der Waals surface area contributed by atoms with Crippen molar-refractivity contribution in [1.29, 1.82) is 0 Å². The van der Waals surface area contributed by atoms with Crippen molar-refractivity contribution in [2.45, 2.75) is 6.92 Å². The van der Waals surface area contributed by atoms with E-state index in [1.165, 1.54) is 6.20 Å². The highest BCUT2D eigenvalue weighted by atomic mass is 127. The lowest BCUT2D eigenvalue weighted by molar-refractivity contribution is 0.102. The maximum Gasteiger partial charge on any atom is 0.261 e. The molecule has 0 aliphatic rings. The van der Waals surface area contributed by atoms with Crippen molar-refractivity contribution in [2.24, 2.45) is 0 Å². The first-order valence-corrected chi connectivity index (χ1v) is 8.36. The Kier molecular flexibility index (Phi) is 3.79. The van der Waals surface area contributed by atoms with Crippen molar-refractivity contribution < 1.29 is 9.53 Å². The molecule has 0 fully saturated rings. The Morgan fingerprint density at radius 1 is 1.28 bits per heavy atom. The number of ether oxygens (including phenoxy) is 1. The molecule has 3 heterocycles. The van der Waals surface area contributed by atoms with E-state index in [4.69, 9.17) is 4.74 Å². The molecule has 8 nitrogen and oxygen atoms in total. The summed E-state index contributed by atoms with van der Waals surface area (Å²) >= 11 is 2.07.